The van der Waals surface area contributed by atoms with E-state index in [1.165, 1.54) is 22.3 Å². The molecule has 7 nitrogen and oxygen atoms in total. The lowest BCUT2D eigenvalue weighted by atomic mass is 9.80. The number of fused-ring (bicyclic) bond motifs is 3. The molecule has 0 bridgehead atoms. The number of ether oxygens (including phenoxy) is 1. The molecule has 7 heteroatoms. The standard InChI is InChI=1S/C28H34N2O5/c1-19(8-7-13-25(31)30-16-14-28(2,15-17-30)26(32)33)29-27(34)35-18-24-22-11-5-3-9-20(22)21-10-4-6-12-23(21)24/h3-6,9-12,19,24H,7-8,13-18H2,1-2H3,(H,29,34)(H,32,33). The first-order chi connectivity index (χ1) is 16.8. The van der Waals surface area contributed by atoms with Gasteiger partial charge in [-0.2, -0.15) is 0 Å². The number of piperidine rings is 1. The van der Waals surface area contributed by atoms with Crippen LogP contribution in [-0.2, 0) is 14.3 Å². The fraction of sp³-hybridized carbons (Fsp3) is 0.464. The summed E-state index contributed by atoms with van der Waals surface area (Å²) >= 11 is 0. The Bertz CT molecular complexity index is 1040. The van der Waals surface area contributed by atoms with Crippen LogP contribution >= 0.6 is 0 Å². The van der Waals surface area contributed by atoms with Crippen LogP contribution in [-0.4, -0.2) is 53.7 Å². The Labute approximate surface area is 206 Å². The van der Waals surface area contributed by atoms with Gasteiger partial charge in [0, 0.05) is 31.5 Å². The molecule has 1 saturated heterocycles. The van der Waals surface area contributed by atoms with E-state index < -0.39 is 17.5 Å². The highest BCUT2D eigenvalue weighted by atomic mass is 16.5. The average Bonchev–Trinajstić information content (AvgIpc) is 3.16. The van der Waals surface area contributed by atoms with Crippen LogP contribution in [0.2, 0.25) is 0 Å². The van der Waals surface area contributed by atoms with Crippen LogP contribution in [0.25, 0.3) is 11.1 Å². The number of benzene rings is 2. The lowest BCUT2D eigenvalue weighted by Gasteiger charge is -2.36. The molecule has 1 heterocycles. The third-order valence-corrected chi connectivity index (χ3v) is 7.47. The van der Waals surface area contributed by atoms with E-state index in [1.807, 2.05) is 31.2 Å². The largest absolute Gasteiger partial charge is 0.481 e. The molecule has 1 atom stereocenters. The number of hydrogen-bond donors (Lipinski definition) is 2. The van der Waals surface area contributed by atoms with Gasteiger partial charge in [0.15, 0.2) is 0 Å². The van der Waals surface area contributed by atoms with Gasteiger partial charge >= 0.3 is 12.1 Å². The summed E-state index contributed by atoms with van der Waals surface area (Å²) < 4.78 is 5.60. The number of rotatable bonds is 8. The fourth-order valence-electron chi connectivity index (χ4n) is 5.09. The van der Waals surface area contributed by atoms with Gasteiger partial charge in [-0.25, -0.2) is 4.79 Å². The molecule has 0 saturated carbocycles. The van der Waals surface area contributed by atoms with Crippen molar-refractivity contribution in [1.29, 1.82) is 0 Å². The van der Waals surface area contributed by atoms with Crippen molar-refractivity contribution in [2.75, 3.05) is 19.7 Å². The van der Waals surface area contributed by atoms with Crippen molar-refractivity contribution in [3.63, 3.8) is 0 Å². The minimum atomic E-state index is -0.794. The van der Waals surface area contributed by atoms with Crippen molar-refractivity contribution in [3.8, 4) is 11.1 Å². The van der Waals surface area contributed by atoms with E-state index in [0.29, 0.717) is 45.2 Å². The molecular weight excluding hydrogens is 444 g/mol. The molecule has 2 aromatic carbocycles. The SMILES string of the molecule is CC(CCCC(=O)N1CCC(C)(C(=O)O)CC1)NC(=O)OCC1c2ccccc2-c2ccccc21. The zero-order chi connectivity index (χ0) is 25.0. The van der Waals surface area contributed by atoms with E-state index in [1.54, 1.807) is 11.8 Å². The Kier molecular flexibility index (Phi) is 7.43. The summed E-state index contributed by atoms with van der Waals surface area (Å²) in [4.78, 5) is 38.1. The minimum Gasteiger partial charge on any atom is -0.481 e. The molecule has 2 aromatic rings. The van der Waals surface area contributed by atoms with Gasteiger partial charge in [-0.3, -0.25) is 9.59 Å². The minimum absolute atomic E-state index is 0.0219. The first-order valence-corrected chi connectivity index (χ1v) is 12.4. The number of carbonyl (C=O) groups is 3. The second-order valence-corrected chi connectivity index (χ2v) is 10.0. The van der Waals surface area contributed by atoms with Crippen molar-refractivity contribution in [2.45, 2.75) is 57.9 Å². The van der Waals surface area contributed by atoms with Gasteiger partial charge < -0.3 is 20.1 Å². The first kappa shape index (κ1) is 24.8. The van der Waals surface area contributed by atoms with Crippen LogP contribution in [0.15, 0.2) is 48.5 Å². The van der Waals surface area contributed by atoms with E-state index in [-0.39, 0.29) is 24.5 Å². The molecule has 2 amide bonds. The Hall–Kier alpha value is -3.35. The molecule has 35 heavy (non-hydrogen) atoms. The number of likely N-dealkylation sites (tertiary alicyclic amines) is 1. The number of nitrogens with one attached hydrogen (secondary N) is 1. The highest BCUT2D eigenvalue weighted by molar-refractivity contribution is 5.79. The van der Waals surface area contributed by atoms with E-state index in [9.17, 15) is 19.5 Å². The molecule has 1 aliphatic heterocycles. The van der Waals surface area contributed by atoms with Gasteiger partial charge in [0.25, 0.3) is 0 Å². The van der Waals surface area contributed by atoms with E-state index in [4.69, 9.17) is 4.74 Å². The van der Waals surface area contributed by atoms with Crippen molar-refractivity contribution in [1.82, 2.24) is 10.2 Å². The molecule has 0 radical (unpaired) electrons. The second-order valence-electron chi connectivity index (χ2n) is 10.0. The maximum absolute atomic E-state index is 12.5. The maximum atomic E-state index is 12.5. The van der Waals surface area contributed by atoms with Crippen LogP contribution in [0, 0.1) is 5.41 Å². The van der Waals surface area contributed by atoms with E-state index >= 15 is 0 Å². The van der Waals surface area contributed by atoms with Gasteiger partial charge in [-0.1, -0.05) is 48.5 Å². The predicted molar refractivity (Wildman–Crippen MR) is 133 cm³/mol. The van der Waals surface area contributed by atoms with Crippen LogP contribution in [0.3, 0.4) is 0 Å². The third-order valence-electron chi connectivity index (χ3n) is 7.47. The van der Waals surface area contributed by atoms with E-state index in [2.05, 4.69) is 29.6 Å². The Morgan fingerprint density at radius 2 is 1.63 bits per heavy atom. The highest BCUT2D eigenvalue weighted by Gasteiger charge is 2.37. The number of hydrogen-bond acceptors (Lipinski definition) is 4. The first-order valence-electron chi connectivity index (χ1n) is 12.4. The Balaban J connectivity index is 1.19. The zero-order valence-corrected chi connectivity index (χ0v) is 20.5. The van der Waals surface area contributed by atoms with Crippen LogP contribution in [0.4, 0.5) is 4.79 Å². The summed E-state index contributed by atoms with van der Waals surface area (Å²) in [5, 5.41) is 12.2. The van der Waals surface area contributed by atoms with Gasteiger partial charge in [0.1, 0.15) is 6.61 Å². The summed E-state index contributed by atoms with van der Waals surface area (Å²) in [6.07, 6.45) is 2.21. The monoisotopic (exact) mass is 478 g/mol. The summed E-state index contributed by atoms with van der Waals surface area (Å²) in [7, 11) is 0. The predicted octanol–water partition coefficient (Wildman–Crippen LogP) is 4.80. The van der Waals surface area contributed by atoms with Crippen LogP contribution < -0.4 is 5.32 Å². The number of carboxylic acid groups (broad SMARTS) is 1. The normalized spacial score (nSPS) is 17.3. The zero-order valence-electron chi connectivity index (χ0n) is 20.5. The van der Waals surface area contributed by atoms with Crippen LogP contribution in [0.5, 0.6) is 0 Å². The molecule has 2 N–H and O–H groups in total. The van der Waals surface area contributed by atoms with Crippen molar-refractivity contribution in [3.05, 3.63) is 59.7 Å². The smallest absolute Gasteiger partial charge is 0.407 e. The maximum Gasteiger partial charge on any atom is 0.407 e. The van der Waals surface area contributed by atoms with Crippen molar-refractivity contribution < 1.29 is 24.2 Å². The quantitative estimate of drug-likeness (QED) is 0.568. The molecule has 2 aliphatic rings. The second kappa shape index (κ2) is 10.5. The van der Waals surface area contributed by atoms with Crippen LogP contribution in [0.1, 0.15) is 63.0 Å². The molecule has 0 spiro atoms. The van der Waals surface area contributed by atoms with Crippen molar-refractivity contribution >= 4 is 18.0 Å². The molecule has 0 aromatic heterocycles. The number of nitrogens with zero attached hydrogens (tertiary/aromatic N) is 1. The Morgan fingerprint density at radius 1 is 1.06 bits per heavy atom. The third kappa shape index (κ3) is 5.50. The summed E-state index contributed by atoms with van der Waals surface area (Å²) in [6, 6.07) is 16.3. The van der Waals surface area contributed by atoms with Gasteiger partial charge in [0.2, 0.25) is 5.91 Å². The lowest BCUT2D eigenvalue weighted by Crippen LogP contribution is -2.45. The molecule has 4 rings (SSSR count). The highest BCUT2D eigenvalue weighted by Crippen LogP contribution is 2.44. The summed E-state index contributed by atoms with van der Waals surface area (Å²) in [6.45, 7) is 4.89. The number of alkyl carbamates (subject to hydrolysis) is 1. The summed E-state index contributed by atoms with van der Waals surface area (Å²) in [5.74, 6) is -0.725. The molecule has 1 unspecified atom stereocenters. The van der Waals surface area contributed by atoms with Gasteiger partial charge in [-0.15, -0.1) is 0 Å². The topological polar surface area (TPSA) is 95.9 Å². The lowest BCUT2D eigenvalue weighted by molar-refractivity contribution is -0.153. The van der Waals surface area contributed by atoms with Crippen molar-refractivity contribution in [2.24, 2.45) is 5.41 Å². The molecule has 1 aliphatic carbocycles. The number of amides is 2. The Morgan fingerprint density at radius 3 is 2.20 bits per heavy atom. The summed E-state index contributed by atoms with van der Waals surface area (Å²) in [5.41, 5.74) is 4.00. The average molecular weight is 479 g/mol. The molecule has 1 fully saturated rings. The van der Waals surface area contributed by atoms with E-state index in [0.717, 1.165) is 0 Å². The number of aliphatic carboxylic acids is 1. The molecular formula is C28H34N2O5. The fourth-order valence-corrected chi connectivity index (χ4v) is 5.09. The van der Waals surface area contributed by atoms with Gasteiger partial charge in [0.05, 0.1) is 5.41 Å². The van der Waals surface area contributed by atoms with Gasteiger partial charge in [-0.05, 0) is 61.8 Å². The number of carboxylic acids is 1. The number of carbonyl (C=O) groups excluding carboxylic acids is 2. The molecule has 186 valence electrons.